The van der Waals surface area contributed by atoms with Gasteiger partial charge in [-0.25, -0.2) is 14.6 Å². The number of nitrogen functional groups attached to an aromatic ring is 1. The van der Waals surface area contributed by atoms with Crippen molar-refractivity contribution in [2.45, 2.75) is 52.5 Å². The number of nitriles is 1. The summed E-state index contributed by atoms with van der Waals surface area (Å²) in [6, 6.07) is 12.4. The summed E-state index contributed by atoms with van der Waals surface area (Å²) in [6.07, 6.45) is 6.24. The Hall–Kier alpha value is -4.33. The maximum atomic E-state index is 13.4. The molecule has 45 heavy (non-hydrogen) atoms. The van der Waals surface area contributed by atoms with Gasteiger partial charge in [0.15, 0.2) is 17.1 Å². The second-order valence-electron chi connectivity index (χ2n) is 12.2. The zero-order valence-corrected chi connectivity index (χ0v) is 27.2. The summed E-state index contributed by atoms with van der Waals surface area (Å²) in [5.74, 6) is 1.46. The zero-order valence-electron chi connectivity index (χ0n) is 25.7. The van der Waals surface area contributed by atoms with E-state index in [0.717, 1.165) is 24.8 Å². The Balaban J connectivity index is 1.45. The van der Waals surface area contributed by atoms with Gasteiger partial charge in [-0.2, -0.15) is 10.4 Å². The van der Waals surface area contributed by atoms with Crippen molar-refractivity contribution in [1.29, 1.82) is 5.26 Å². The Labute approximate surface area is 272 Å². The van der Waals surface area contributed by atoms with Gasteiger partial charge in [0.25, 0.3) is 5.91 Å². The number of ether oxygens (including phenoxy) is 2. The van der Waals surface area contributed by atoms with E-state index in [2.05, 4.69) is 36.8 Å². The lowest BCUT2D eigenvalue weighted by Crippen LogP contribution is -2.41. The van der Waals surface area contributed by atoms with Gasteiger partial charge >= 0.3 is 0 Å². The predicted molar refractivity (Wildman–Crippen MR) is 175 cm³/mol. The lowest BCUT2D eigenvalue weighted by Gasteiger charge is -2.32. The molecule has 2 aromatic heterocycles. The van der Waals surface area contributed by atoms with Gasteiger partial charge < -0.3 is 20.1 Å². The predicted octanol–water partition coefficient (Wildman–Crippen LogP) is 7.62. The molecule has 1 aliphatic heterocycles. The Morgan fingerprint density at radius 1 is 1.16 bits per heavy atom. The number of anilines is 1. The Kier molecular flexibility index (Phi) is 9.51. The number of rotatable bonds is 8. The van der Waals surface area contributed by atoms with Crippen LogP contribution in [0.2, 0.25) is 10.0 Å². The van der Waals surface area contributed by atoms with Gasteiger partial charge in [0, 0.05) is 24.7 Å². The maximum Gasteiger partial charge on any atom is 0.264 e. The van der Waals surface area contributed by atoms with Gasteiger partial charge in [-0.3, -0.25) is 4.79 Å². The van der Waals surface area contributed by atoms with Crippen LogP contribution < -0.4 is 15.2 Å². The first kappa shape index (κ1) is 32.1. The Bertz CT molecular complexity index is 1810. The third-order valence-electron chi connectivity index (χ3n) is 7.70. The number of likely N-dealkylation sites (tertiary alicyclic amines) is 1. The van der Waals surface area contributed by atoms with Crippen LogP contribution in [0.5, 0.6) is 17.2 Å². The maximum absolute atomic E-state index is 13.4. The largest absolute Gasteiger partial charge is 0.493 e. The van der Waals surface area contributed by atoms with Crippen LogP contribution >= 0.6 is 23.2 Å². The zero-order chi connectivity index (χ0) is 32.3. The van der Waals surface area contributed by atoms with E-state index in [1.807, 2.05) is 16.8 Å². The van der Waals surface area contributed by atoms with Crippen LogP contribution in [0.1, 0.15) is 52.5 Å². The highest BCUT2D eigenvalue weighted by molar-refractivity contribution is 6.42. The van der Waals surface area contributed by atoms with Gasteiger partial charge in [-0.1, -0.05) is 50.0 Å². The number of hydrogen-bond acceptors (Lipinski definition) is 8. The number of aromatic nitrogens is 4. The average Bonchev–Trinajstić information content (AvgIpc) is 3.41. The summed E-state index contributed by atoms with van der Waals surface area (Å²) < 4.78 is 13.5. The van der Waals surface area contributed by atoms with E-state index in [1.165, 1.54) is 6.33 Å². The fraction of sp³-hybridized carbons (Fsp3) is 0.364. The number of carbonyl (C=O) groups is 1. The van der Waals surface area contributed by atoms with Crippen LogP contribution in [0.15, 0.2) is 54.4 Å². The number of carbonyl (C=O) groups excluding carboxylic acids is 1. The van der Waals surface area contributed by atoms with Crippen molar-refractivity contribution in [2.24, 2.45) is 5.41 Å². The van der Waals surface area contributed by atoms with E-state index in [9.17, 15) is 10.1 Å². The number of fused-ring (bicyclic) bond motifs is 1. The van der Waals surface area contributed by atoms with Crippen molar-refractivity contribution >= 4 is 46.0 Å². The van der Waals surface area contributed by atoms with Crippen LogP contribution in [0.3, 0.4) is 0 Å². The lowest BCUT2D eigenvalue weighted by atomic mass is 9.90. The molecule has 0 unspecified atom stereocenters. The molecule has 0 saturated carbocycles. The van der Waals surface area contributed by atoms with E-state index in [1.54, 1.807) is 42.4 Å². The van der Waals surface area contributed by atoms with Crippen LogP contribution in [-0.2, 0) is 4.79 Å². The minimum atomic E-state index is -0.260. The van der Waals surface area contributed by atoms with Crippen molar-refractivity contribution in [3.63, 3.8) is 0 Å². The van der Waals surface area contributed by atoms with Crippen molar-refractivity contribution in [1.82, 2.24) is 24.6 Å². The highest BCUT2D eigenvalue weighted by Crippen LogP contribution is 2.40. The molecule has 10 nitrogen and oxygen atoms in total. The molecule has 2 aromatic carbocycles. The molecule has 0 radical (unpaired) electrons. The molecule has 1 saturated heterocycles. The van der Waals surface area contributed by atoms with E-state index < -0.39 is 0 Å². The number of allylic oxidation sites excluding steroid dienone is 1. The van der Waals surface area contributed by atoms with Gasteiger partial charge in [0.05, 0.1) is 28.6 Å². The van der Waals surface area contributed by atoms with Crippen LogP contribution in [0.4, 0.5) is 5.82 Å². The van der Waals surface area contributed by atoms with Gasteiger partial charge in [0.1, 0.15) is 35.2 Å². The molecule has 3 heterocycles. The third-order valence-corrected chi connectivity index (χ3v) is 8.44. The number of piperidine rings is 1. The normalized spacial score (nSPS) is 15.6. The van der Waals surface area contributed by atoms with Gasteiger partial charge in [0.2, 0.25) is 0 Å². The van der Waals surface area contributed by atoms with E-state index in [-0.39, 0.29) is 28.8 Å². The molecule has 0 aliphatic carbocycles. The lowest BCUT2D eigenvalue weighted by molar-refractivity contribution is -0.128. The Morgan fingerprint density at radius 3 is 2.67 bits per heavy atom. The summed E-state index contributed by atoms with van der Waals surface area (Å²) in [5, 5.41) is 16.1. The van der Waals surface area contributed by atoms with Crippen molar-refractivity contribution in [3.05, 3.63) is 64.4 Å². The minimum absolute atomic E-state index is 0.112. The van der Waals surface area contributed by atoms with E-state index >= 15 is 0 Å². The number of nitrogens with zero attached hydrogens (tertiary/aromatic N) is 6. The average molecular weight is 649 g/mol. The molecule has 12 heteroatoms. The fourth-order valence-corrected chi connectivity index (χ4v) is 5.65. The molecular formula is C33H35Cl2N7O3. The first-order valence-corrected chi connectivity index (χ1v) is 15.4. The summed E-state index contributed by atoms with van der Waals surface area (Å²) in [4.78, 5) is 23.9. The molecule has 234 valence electrons. The standard InChI is InChI=1S/C33H35Cl2N7O3/c1-33(2,3)13-5-7-21(17-36)32(43)41-14-6-8-22(18-41)42-31-28(30(37)38-19-39-31)29(40-42)20-9-12-26(27(15-20)44-4)45-23-10-11-24(34)25(35)16-23/h7,9-12,15-16,19,22H,5-6,8,13-14,18H2,1-4H3,(H2,37,38,39)/b21-7+/t22-/m1/s1. The summed E-state index contributed by atoms with van der Waals surface area (Å²) in [7, 11) is 1.55. The van der Waals surface area contributed by atoms with Crippen molar-refractivity contribution in [3.8, 4) is 34.6 Å². The number of nitrogens with two attached hydrogens (primary N) is 1. The molecular weight excluding hydrogens is 613 g/mol. The quantitative estimate of drug-likeness (QED) is 0.152. The molecule has 1 atom stereocenters. The first-order valence-electron chi connectivity index (χ1n) is 14.7. The minimum Gasteiger partial charge on any atom is -0.493 e. The number of amides is 1. The number of hydrogen-bond donors (Lipinski definition) is 1. The third kappa shape index (κ3) is 7.16. The topological polar surface area (TPSA) is 132 Å². The highest BCUT2D eigenvalue weighted by Gasteiger charge is 2.30. The fourth-order valence-electron chi connectivity index (χ4n) is 5.36. The second kappa shape index (κ2) is 13.3. The molecule has 1 fully saturated rings. The number of halogens is 2. The van der Waals surface area contributed by atoms with Gasteiger partial charge in [-0.05, 0) is 61.4 Å². The highest BCUT2D eigenvalue weighted by atomic mass is 35.5. The Morgan fingerprint density at radius 2 is 1.96 bits per heavy atom. The molecule has 1 amide bonds. The second-order valence-corrected chi connectivity index (χ2v) is 13.0. The van der Waals surface area contributed by atoms with Crippen molar-refractivity contribution < 1.29 is 14.3 Å². The summed E-state index contributed by atoms with van der Waals surface area (Å²) in [5.41, 5.74) is 8.53. The van der Waals surface area contributed by atoms with E-state index in [0.29, 0.717) is 63.5 Å². The smallest absolute Gasteiger partial charge is 0.264 e. The summed E-state index contributed by atoms with van der Waals surface area (Å²) in [6.45, 7) is 7.36. The van der Waals surface area contributed by atoms with Crippen LogP contribution in [-0.4, -0.2) is 50.8 Å². The molecule has 4 aromatic rings. The van der Waals surface area contributed by atoms with Gasteiger partial charge in [-0.15, -0.1) is 0 Å². The molecule has 2 N–H and O–H groups in total. The SMILES string of the molecule is COc1cc(-c2nn([C@@H]3CCCN(C(=O)/C(C#N)=C/CCC(C)(C)C)C3)c3ncnc(N)c23)ccc1Oc1ccc(Cl)c(Cl)c1. The first-order chi connectivity index (χ1) is 21.5. The molecule has 0 spiro atoms. The number of methoxy groups -OCH3 is 1. The molecule has 1 aliphatic rings. The monoisotopic (exact) mass is 647 g/mol. The summed E-state index contributed by atoms with van der Waals surface area (Å²) >= 11 is 12.2. The molecule has 0 bridgehead atoms. The van der Waals surface area contributed by atoms with Crippen LogP contribution in [0.25, 0.3) is 22.3 Å². The van der Waals surface area contributed by atoms with Crippen LogP contribution in [0, 0.1) is 16.7 Å². The van der Waals surface area contributed by atoms with E-state index in [4.69, 9.17) is 43.5 Å². The molecule has 5 rings (SSSR count). The van der Waals surface area contributed by atoms with Crippen molar-refractivity contribution in [2.75, 3.05) is 25.9 Å². The number of benzene rings is 2.